The molecule has 2 N–H and O–H groups in total. The Hall–Kier alpha value is -3.75. The summed E-state index contributed by atoms with van der Waals surface area (Å²) in [5, 5.41) is 15.8. The van der Waals surface area contributed by atoms with Crippen LogP contribution in [0.2, 0.25) is 0 Å². The van der Waals surface area contributed by atoms with Crippen molar-refractivity contribution in [1.29, 1.82) is 0 Å². The highest BCUT2D eigenvalue weighted by Gasteiger charge is 2.12. The van der Waals surface area contributed by atoms with E-state index < -0.39 is 16.7 Å². The van der Waals surface area contributed by atoms with Gasteiger partial charge < -0.3 is 15.5 Å². The Balaban J connectivity index is 1.83. The van der Waals surface area contributed by atoms with Crippen molar-refractivity contribution in [1.82, 2.24) is 15.5 Å². The van der Waals surface area contributed by atoms with E-state index in [4.69, 9.17) is 0 Å². The van der Waals surface area contributed by atoms with Crippen molar-refractivity contribution in [3.05, 3.63) is 75.3 Å². The van der Waals surface area contributed by atoms with E-state index in [1.165, 1.54) is 23.1 Å². The molecule has 0 aliphatic heterocycles. The van der Waals surface area contributed by atoms with E-state index in [1.807, 2.05) is 0 Å². The Morgan fingerprint density at radius 3 is 2.29 bits per heavy atom. The summed E-state index contributed by atoms with van der Waals surface area (Å²) in [4.78, 5) is 47.3. The molecule has 9 nitrogen and oxygen atoms in total. The summed E-state index contributed by atoms with van der Waals surface area (Å²) in [7, 11) is 3.33. The molecule has 9 heteroatoms. The predicted octanol–water partition coefficient (Wildman–Crippen LogP) is 1.34. The van der Waals surface area contributed by atoms with E-state index in [1.54, 1.807) is 38.4 Å². The summed E-state index contributed by atoms with van der Waals surface area (Å²) in [6.07, 6.45) is 0. The Morgan fingerprint density at radius 1 is 1.00 bits per heavy atom. The van der Waals surface area contributed by atoms with Crippen LogP contribution in [0.4, 0.5) is 5.69 Å². The number of amides is 3. The summed E-state index contributed by atoms with van der Waals surface area (Å²) in [6, 6.07) is 12.1. The third-order valence-electron chi connectivity index (χ3n) is 3.83. The molecule has 0 aliphatic rings. The molecule has 3 amide bonds. The number of nitrogens with one attached hydrogen (secondary N) is 2. The number of nitrogens with zero attached hydrogens (tertiary/aromatic N) is 2. The maximum atomic E-state index is 12.0. The first kappa shape index (κ1) is 20.6. The molecule has 2 rings (SSSR count). The van der Waals surface area contributed by atoms with Gasteiger partial charge in [-0.2, -0.15) is 0 Å². The highest BCUT2D eigenvalue weighted by Crippen LogP contribution is 2.12. The molecule has 146 valence electrons. The van der Waals surface area contributed by atoms with E-state index >= 15 is 0 Å². The highest BCUT2D eigenvalue weighted by molar-refractivity contribution is 5.97. The van der Waals surface area contributed by atoms with Gasteiger partial charge in [-0.05, 0) is 23.8 Å². The van der Waals surface area contributed by atoms with E-state index in [-0.39, 0.29) is 30.2 Å². The lowest BCUT2D eigenvalue weighted by molar-refractivity contribution is -0.384. The molecule has 0 atom stereocenters. The van der Waals surface area contributed by atoms with Gasteiger partial charge in [0.15, 0.2) is 0 Å². The van der Waals surface area contributed by atoms with E-state index in [0.717, 1.165) is 11.6 Å². The summed E-state index contributed by atoms with van der Waals surface area (Å²) in [5.74, 6) is -1.10. The minimum absolute atomic E-state index is 0.100. The molecule has 0 unspecified atom stereocenters. The van der Waals surface area contributed by atoms with Crippen LogP contribution in [0.15, 0.2) is 48.5 Å². The van der Waals surface area contributed by atoms with Crippen LogP contribution in [-0.2, 0) is 11.3 Å². The van der Waals surface area contributed by atoms with Crippen LogP contribution in [0.3, 0.4) is 0 Å². The molecule has 0 spiro atoms. The first-order chi connectivity index (χ1) is 13.3. The number of hydrogen-bond acceptors (Lipinski definition) is 5. The minimum Gasteiger partial charge on any atom is -0.350 e. The van der Waals surface area contributed by atoms with Gasteiger partial charge in [-0.15, -0.1) is 0 Å². The first-order valence-corrected chi connectivity index (χ1v) is 8.38. The number of non-ortho nitro benzene ring substituents is 1. The van der Waals surface area contributed by atoms with E-state index in [0.29, 0.717) is 5.56 Å². The standard InChI is InChI=1S/C19H20N4O5/c1-22(2)19(26)14-8-6-13(7-9-14)11-20-17(24)12-21-18(25)15-4-3-5-16(10-15)23(27)28/h3-10H,11-12H2,1-2H3,(H,20,24)(H,21,25). The van der Waals surface area contributed by atoms with Crippen LogP contribution < -0.4 is 10.6 Å². The Kier molecular flexibility index (Phi) is 6.80. The molecule has 2 aromatic rings. The number of nitro groups is 1. The lowest BCUT2D eigenvalue weighted by Crippen LogP contribution is -2.36. The normalized spacial score (nSPS) is 10.1. The predicted molar refractivity (Wildman–Crippen MR) is 102 cm³/mol. The fourth-order valence-electron chi connectivity index (χ4n) is 2.31. The molecular formula is C19H20N4O5. The zero-order valence-electron chi connectivity index (χ0n) is 15.5. The van der Waals surface area contributed by atoms with Crippen molar-refractivity contribution in [3.63, 3.8) is 0 Å². The number of hydrogen-bond donors (Lipinski definition) is 2. The Bertz CT molecular complexity index is 893. The molecule has 2 aromatic carbocycles. The van der Waals surface area contributed by atoms with Gasteiger partial charge in [0.05, 0.1) is 11.5 Å². The third-order valence-corrected chi connectivity index (χ3v) is 3.83. The fraction of sp³-hybridized carbons (Fsp3) is 0.211. The largest absolute Gasteiger partial charge is 0.350 e. The van der Waals surface area contributed by atoms with Gasteiger partial charge in [0, 0.05) is 43.9 Å². The zero-order valence-corrected chi connectivity index (χ0v) is 15.5. The van der Waals surface area contributed by atoms with Crippen LogP contribution in [0.1, 0.15) is 26.3 Å². The quantitative estimate of drug-likeness (QED) is 0.551. The average Bonchev–Trinajstić information content (AvgIpc) is 2.70. The summed E-state index contributed by atoms with van der Waals surface area (Å²) in [5.41, 5.74) is 1.24. The van der Waals surface area contributed by atoms with Crippen LogP contribution in [0.5, 0.6) is 0 Å². The van der Waals surface area contributed by atoms with Gasteiger partial charge in [-0.25, -0.2) is 0 Å². The molecule has 28 heavy (non-hydrogen) atoms. The van der Waals surface area contributed by atoms with Crippen molar-refractivity contribution in [3.8, 4) is 0 Å². The topological polar surface area (TPSA) is 122 Å². The third kappa shape index (κ3) is 5.63. The van der Waals surface area contributed by atoms with E-state index in [2.05, 4.69) is 10.6 Å². The second-order valence-electron chi connectivity index (χ2n) is 6.16. The molecule has 0 bridgehead atoms. The Morgan fingerprint density at radius 2 is 1.68 bits per heavy atom. The molecule has 0 heterocycles. The molecule has 0 aliphatic carbocycles. The maximum absolute atomic E-state index is 12.0. The number of nitro benzene ring substituents is 1. The van der Waals surface area contributed by atoms with Gasteiger partial charge in [0.1, 0.15) is 0 Å². The van der Waals surface area contributed by atoms with Crippen LogP contribution in [-0.4, -0.2) is 48.2 Å². The van der Waals surface area contributed by atoms with Gasteiger partial charge >= 0.3 is 0 Å². The van der Waals surface area contributed by atoms with Crippen molar-refractivity contribution >= 4 is 23.4 Å². The second kappa shape index (κ2) is 9.26. The zero-order chi connectivity index (χ0) is 20.7. The first-order valence-electron chi connectivity index (χ1n) is 8.38. The smallest absolute Gasteiger partial charge is 0.270 e. The summed E-state index contributed by atoms with van der Waals surface area (Å²) < 4.78 is 0. The SMILES string of the molecule is CN(C)C(=O)c1ccc(CNC(=O)CNC(=O)c2cccc([N+](=O)[O-])c2)cc1. The van der Waals surface area contributed by atoms with Gasteiger partial charge in [-0.1, -0.05) is 18.2 Å². The molecule has 0 saturated heterocycles. The summed E-state index contributed by atoms with van der Waals surface area (Å²) in [6.45, 7) is -0.0271. The minimum atomic E-state index is -0.596. The monoisotopic (exact) mass is 384 g/mol. The van der Waals surface area contributed by atoms with Crippen molar-refractivity contribution in [2.75, 3.05) is 20.6 Å². The molecular weight excluding hydrogens is 364 g/mol. The molecule has 0 saturated carbocycles. The van der Waals surface area contributed by atoms with Gasteiger partial charge in [0.2, 0.25) is 5.91 Å². The maximum Gasteiger partial charge on any atom is 0.270 e. The lowest BCUT2D eigenvalue weighted by Gasteiger charge is -2.11. The fourth-order valence-corrected chi connectivity index (χ4v) is 2.31. The molecule has 0 fully saturated rings. The number of carbonyl (C=O) groups excluding carboxylic acids is 3. The van der Waals surface area contributed by atoms with Crippen molar-refractivity contribution in [2.24, 2.45) is 0 Å². The van der Waals surface area contributed by atoms with E-state index in [9.17, 15) is 24.5 Å². The van der Waals surface area contributed by atoms with Crippen LogP contribution >= 0.6 is 0 Å². The number of carbonyl (C=O) groups is 3. The van der Waals surface area contributed by atoms with Crippen LogP contribution in [0.25, 0.3) is 0 Å². The second-order valence-corrected chi connectivity index (χ2v) is 6.16. The number of rotatable bonds is 7. The highest BCUT2D eigenvalue weighted by atomic mass is 16.6. The number of benzene rings is 2. The molecule has 0 radical (unpaired) electrons. The average molecular weight is 384 g/mol. The molecule has 0 aromatic heterocycles. The van der Waals surface area contributed by atoms with Crippen LogP contribution in [0, 0.1) is 10.1 Å². The van der Waals surface area contributed by atoms with Gasteiger partial charge in [0.25, 0.3) is 17.5 Å². The Labute approximate surface area is 161 Å². The van der Waals surface area contributed by atoms with Gasteiger partial charge in [-0.3, -0.25) is 24.5 Å². The summed E-state index contributed by atoms with van der Waals surface area (Å²) >= 11 is 0. The van der Waals surface area contributed by atoms with Crippen molar-refractivity contribution in [2.45, 2.75) is 6.54 Å². The lowest BCUT2D eigenvalue weighted by atomic mass is 10.1. The van der Waals surface area contributed by atoms with Crippen molar-refractivity contribution < 1.29 is 19.3 Å².